The fraction of sp³-hybridized carbons (Fsp3) is 0.0857. The molecule has 0 bridgehead atoms. The molecule has 0 saturated carbocycles. The third-order valence-electron chi connectivity index (χ3n) is 5.82. The molecule has 1 aliphatic carbocycles. The van der Waals surface area contributed by atoms with Gasteiger partial charge >= 0.3 is 99.2 Å². The fourth-order valence-electron chi connectivity index (χ4n) is 3.94. The zero-order valence-electron chi connectivity index (χ0n) is 22.2. The molecule has 5 aromatic rings. The second-order valence-corrected chi connectivity index (χ2v) is 9.52. The molecule has 6 rings (SSSR count). The van der Waals surface area contributed by atoms with Crippen LogP contribution in [-0.4, -0.2) is 10.3 Å². The number of hydrogen-bond acceptors (Lipinski definition) is 1. The molecule has 1 nitrogen and oxygen atoms in total. The normalized spacial score (nSPS) is 11.1. The van der Waals surface area contributed by atoms with E-state index in [1.165, 1.54) is 65.7 Å². The Morgan fingerprint density at radius 3 is 1.84 bits per heavy atom. The molecule has 5 aromatic carbocycles. The SMILES string of the molecule is CC1=CC[C-]=C1.COc1ccc2c(c1)[cH-]c1ccccc12.[CH3-].[CH3-].[Zr]=[C](c1ccccc1)c1ccccc1. The molecule has 1 aliphatic rings. The second-order valence-electron chi connectivity index (χ2n) is 8.29. The number of rotatable bonds is 3. The van der Waals surface area contributed by atoms with Crippen molar-refractivity contribution in [3.05, 3.63) is 159 Å². The molecule has 0 heterocycles. The van der Waals surface area contributed by atoms with Gasteiger partial charge in [-0.3, -0.25) is 6.08 Å². The molecule has 0 aromatic heterocycles. The zero-order chi connectivity index (χ0) is 24.5. The van der Waals surface area contributed by atoms with E-state index in [-0.39, 0.29) is 14.9 Å². The number of hydrogen-bond donors (Lipinski definition) is 0. The summed E-state index contributed by atoms with van der Waals surface area (Å²) in [6.45, 7) is 2.08. The van der Waals surface area contributed by atoms with Gasteiger partial charge < -0.3 is 19.6 Å². The number of methoxy groups -OCH3 is 1. The molecular formula is C35H34OZr-4. The summed E-state index contributed by atoms with van der Waals surface area (Å²) in [6.07, 6.45) is 8.24. The number of benzene rings is 4. The minimum atomic E-state index is 0. The quantitative estimate of drug-likeness (QED) is 0.200. The third-order valence-corrected chi connectivity index (χ3v) is 7.24. The average molecular weight is 562 g/mol. The summed E-state index contributed by atoms with van der Waals surface area (Å²) >= 11 is 1.46. The van der Waals surface area contributed by atoms with E-state index in [0.717, 1.165) is 12.2 Å². The van der Waals surface area contributed by atoms with Gasteiger partial charge in [0, 0.05) is 0 Å². The van der Waals surface area contributed by atoms with E-state index >= 15 is 0 Å². The van der Waals surface area contributed by atoms with Crippen LogP contribution in [-0.2, 0) is 24.2 Å². The van der Waals surface area contributed by atoms with Crippen molar-refractivity contribution < 1.29 is 29.0 Å². The summed E-state index contributed by atoms with van der Waals surface area (Å²) in [7, 11) is 1.70. The Labute approximate surface area is 237 Å². The van der Waals surface area contributed by atoms with E-state index in [9.17, 15) is 0 Å². The summed E-state index contributed by atoms with van der Waals surface area (Å²) in [5.41, 5.74) is 4.00. The van der Waals surface area contributed by atoms with Crippen molar-refractivity contribution in [1.29, 1.82) is 0 Å². The van der Waals surface area contributed by atoms with Gasteiger partial charge in [-0.15, -0.1) is 47.0 Å². The van der Waals surface area contributed by atoms with Crippen LogP contribution in [0.3, 0.4) is 0 Å². The predicted molar refractivity (Wildman–Crippen MR) is 159 cm³/mol. The molecule has 0 radical (unpaired) electrons. The number of allylic oxidation sites excluding steroid dienone is 4. The van der Waals surface area contributed by atoms with Crippen molar-refractivity contribution in [2.75, 3.05) is 7.11 Å². The van der Waals surface area contributed by atoms with Crippen LogP contribution in [0.25, 0.3) is 21.5 Å². The zero-order valence-corrected chi connectivity index (χ0v) is 24.6. The molecule has 0 atom stereocenters. The maximum absolute atomic E-state index is 5.22. The fourth-order valence-corrected chi connectivity index (χ4v) is 4.76. The molecular weight excluding hydrogens is 528 g/mol. The summed E-state index contributed by atoms with van der Waals surface area (Å²) in [5.74, 6) is 0.915. The molecule has 0 N–H and O–H groups in total. The van der Waals surface area contributed by atoms with Crippen LogP contribution in [0.1, 0.15) is 24.5 Å². The van der Waals surface area contributed by atoms with E-state index in [0.29, 0.717) is 0 Å². The van der Waals surface area contributed by atoms with Crippen molar-refractivity contribution in [2.24, 2.45) is 0 Å². The minimum absolute atomic E-state index is 0. The first-order valence-electron chi connectivity index (χ1n) is 11.7. The van der Waals surface area contributed by atoms with Crippen LogP contribution in [0.15, 0.2) is 127 Å². The molecule has 0 spiro atoms. The molecule has 0 amide bonds. The predicted octanol–water partition coefficient (Wildman–Crippen LogP) is 9.12. The molecule has 0 unspecified atom stereocenters. The molecule has 0 aliphatic heterocycles. The van der Waals surface area contributed by atoms with E-state index < -0.39 is 0 Å². The van der Waals surface area contributed by atoms with Gasteiger partial charge in [0.25, 0.3) is 0 Å². The molecule has 0 saturated heterocycles. The van der Waals surface area contributed by atoms with Gasteiger partial charge in [-0.1, -0.05) is 30.3 Å². The van der Waals surface area contributed by atoms with Gasteiger partial charge in [-0.2, -0.15) is 6.08 Å². The van der Waals surface area contributed by atoms with E-state index in [1.54, 1.807) is 7.11 Å². The Balaban J connectivity index is 0.000000205. The summed E-state index contributed by atoms with van der Waals surface area (Å²) in [4.78, 5) is 0. The van der Waals surface area contributed by atoms with E-state index in [4.69, 9.17) is 4.74 Å². The molecule has 0 fully saturated rings. The monoisotopic (exact) mass is 560 g/mol. The van der Waals surface area contributed by atoms with Crippen LogP contribution in [0.4, 0.5) is 0 Å². The van der Waals surface area contributed by atoms with Crippen molar-refractivity contribution in [3.8, 4) is 5.75 Å². The van der Waals surface area contributed by atoms with Crippen LogP contribution < -0.4 is 4.74 Å². The van der Waals surface area contributed by atoms with Gasteiger partial charge in [0.1, 0.15) is 0 Å². The van der Waals surface area contributed by atoms with E-state index in [2.05, 4.69) is 122 Å². The maximum atomic E-state index is 5.22. The molecule has 188 valence electrons. The average Bonchev–Trinajstić information content (AvgIpc) is 3.56. The van der Waals surface area contributed by atoms with Crippen LogP contribution in [0.2, 0.25) is 0 Å². The summed E-state index contributed by atoms with van der Waals surface area (Å²) in [6, 6.07) is 38.0. The molecule has 2 heteroatoms. The van der Waals surface area contributed by atoms with E-state index in [1.807, 2.05) is 12.1 Å². The summed E-state index contributed by atoms with van der Waals surface area (Å²) < 4.78 is 6.63. The number of fused-ring (bicyclic) bond motifs is 3. The van der Waals surface area contributed by atoms with Crippen molar-refractivity contribution >= 4 is 24.8 Å². The Hall–Kier alpha value is -3.22. The van der Waals surface area contributed by atoms with Crippen LogP contribution in [0.5, 0.6) is 5.75 Å². The van der Waals surface area contributed by atoms with Crippen molar-refractivity contribution in [3.63, 3.8) is 0 Å². The van der Waals surface area contributed by atoms with Crippen LogP contribution in [0, 0.1) is 20.9 Å². The van der Waals surface area contributed by atoms with Gasteiger partial charge in [-0.05, 0) is 6.07 Å². The van der Waals surface area contributed by atoms with Gasteiger partial charge in [0.05, 0.1) is 12.9 Å². The topological polar surface area (TPSA) is 9.23 Å². The van der Waals surface area contributed by atoms with Crippen molar-refractivity contribution in [1.82, 2.24) is 0 Å². The third kappa shape index (κ3) is 8.14. The Morgan fingerprint density at radius 1 is 0.757 bits per heavy atom. The first-order valence-corrected chi connectivity index (χ1v) is 12.9. The summed E-state index contributed by atoms with van der Waals surface area (Å²) in [5, 5.41) is 5.15. The van der Waals surface area contributed by atoms with Crippen molar-refractivity contribution in [2.45, 2.75) is 13.3 Å². The second kappa shape index (κ2) is 15.1. The first-order chi connectivity index (χ1) is 17.2. The molecule has 37 heavy (non-hydrogen) atoms. The number of ether oxygens (including phenoxy) is 1. The Kier molecular flexibility index (Phi) is 12.3. The van der Waals surface area contributed by atoms with Gasteiger partial charge in [0.15, 0.2) is 0 Å². The Morgan fingerprint density at radius 2 is 1.32 bits per heavy atom. The van der Waals surface area contributed by atoms with Gasteiger partial charge in [0.2, 0.25) is 0 Å². The van der Waals surface area contributed by atoms with Crippen LogP contribution >= 0.6 is 0 Å². The first kappa shape index (κ1) is 30.0. The standard InChI is InChI=1S/C14H11O.C13H10.C6H7.2CH3.Zr/c1-15-12-6-7-14-11(9-12)8-10-4-2-3-5-13(10)14;1-3-7-12(8-4-1)11-13-9-5-2-6-10-13;1-6-4-2-3-5-6;;;/h2-9H,1H3;1-10H;4-5H,2H2,1H3;2*1H3;/q-1;;3*-1;. The van der Waals surface area contributed by atoms with Gasteiger partial charge in [-0.25, -0.2) is 11.6 Å². The Bertz CT molecular complexity index is 1410.